The van der Waals surface area contributed by atoms with E-state index in [-0.39, 0.29) is 5.75 Å². The van der Waals surface area contributed by atoms with Gasteiger partial charge in [-0.3, -0.25) is 0 Å². The highest BCUT2D eigenvalue weighted by molar-refractivity contribution is 7.88. The second-order valence-electron chi connectivity index (χ2n) is 7.09. The lowest BCUT2D eigenvalue weighted by Gasteiger charge is -2.32. The van der Waals surface area contributed by atoms with E-state index in [1.54, 1.807) is 13.2 Å². The standard InChI is InChI=1S/C19H26FN3O3S/c1-15-11-21-19(13-26-2)23(15)12-16-6-8-22(9-7-16)27(24,25)14-17-4-3-5-18(20)10-17/h3-5,10-11,16H,6-9,12-14H2,1-2H3. The first-order valence-corrected chi connectivity index (χ1v) is 10.7. The molecule has 1 aliphatic rings. The number of imidazole rings is 1. The van der Waals surface area contributed by atoms with Crippen LogP contribution in [0.3, 0.4) is 0 Å². The molecule has 6 nitrogen and oxygen atoms in total. The van der Waals surface area contributed by atoms with Gasteiger partial charge in [0, 0.05) is 38.6 Å². The number of sulfonamides is 1. The molecular weight excluding hydrogens is 369 g/mol. The van der Waals surface area contributed by atoms with Gasteiger partial charge in [0.15, 0.2) is 0 Å². The maximum absolute atomic E-state index is 13.3. The van der Waals surface area contributed by atoms with Crippen LogP contribution in [-0.4, -0.2) is 42.5 Å². The van der Waals surface area contributed by atoms with Gasteiger partial charge in [0.2, 0.25) is 10.0 Å². The molecule has 27 heavy (non-hydrogen) atoms. The molecule has 0 saturated carbocycles. The minimum atomic E-state index is -3.44. The van der Waals surface area contributed by atoms with Crippen LogP contribution in [0.4, 0.5) is 4.39 Å². The second kappa shape index (κ2) is 8.50. The Morgan fingerprint density at radius 1 is 1.30 bits per heavy atom. The first-order chi connectivity index (χ1) is 12.9. The Morgan fingerprint density at radius 2 is 2.04 bits per heavy atom. The first kappa shape index (κ1) is 20.0. The molecule has 2 heterocycles. The van der Waals surface area contributed by atoms with Crippen LogP contribution >= 0.6 is 0 Å². The summed E-state index contributed by atoms with van der Waals surface area (Å²) >= 11 is 0. The minimum absolute atomic E-state index is 0.159. The molecule has 1 aromatic heterocycles. The van der Waals surface area contributed by atoms with Crippen LogP contribution in [0, 0.1) is 18.7 Å². The van der Waals surface area contributed by atoms with Gasteiger partial charge in [-0.15, -0.1) is 0 Å². The van der Waals surface area contributed by atoms with Gasteiger partial charge in [0.05, 0.1) is 5.75 Å². The van der Waals surface area contributed by atoms with Gasteiger partial charge < -0.3 is 9.30 Å². The number of rotatable bonds is 7. The van der Waals surface area contributed by atoms with Crippen molar-refractivity contribution in [3.05, 3.63) is 53.4 Å². The van der Waals surface area contributed by atoms with Gasteiger partial charge in [-0.2, -0.15) is 0 Å². The molecule has 0 N–H and O–H groups in total. The van der Waals surface area contributed by atoms with Gasteiger partial charge in [-0.25, -0.2) is 22.1 Å². The van der Waals surface area contributed by atoms with Crippen LogP contribution < -0.4 is 0 Å². The molecular formula is C19H26FN3O3S. The smallest absolute Gasteiger partial charge is 0.218 e. The molecule has 1 aromatic carbocycles. The van der Waals surface area contributed by atoms with Crippen LogP contribution in [0.1, 0.15) is 29.9 Å². The van der Waals surface area contributed by atoms with Crippen LogP contribution in [0.15, 0.2) is 30.5 Å². The highest BCUT2D eigenvalue weighted by atomic mass is 32.2. The number of hydrogen-bond acceptors (Lipinski definition) is 4. The van der Waals surface area contributed by atoms with Gasteiger partial charge in [-0.05, 0) is 43.4 Å². The summed E-state index contributed by atoms with van der Waals surface area (Å²) in [5.41, 5.74) is 1.57. The number of aryl methyl sites for hydroxylation is 1. The molecule has 1 saturated heterocycles. The Balaban J connectivity index is 1.59. The average Bonchev–Trinajstić information content (AvgIpc) is 2.96. The van der Waals surface area contributed by atoms with E-state index >= 15 is 0 Å². The molecule has 0 radical (unpaired) electrons. The lowest BCUT2D eigenvalue weighted by molar-refractivity contribution is 0.170. The van der Waals surface area contributed by atoms with E-state index in [9.17, 15) is 12.8 Å². The Morgan fingerprint density at radius 3 is 2.70 bits per heavy atom. The van der Waals surface area contributed by atoms with Crippen molar-refractivity contribution in [2.75, 3.05) is 20.2 Å². The highest BCUT2D eigenvalue weighted by Gasteiger charge is 2.28. The number of piperidine rings is 1. The average molecular weight is 396 g/mol. The number of benzene rings is 1. The summed E-state index contributed by atoms with van der Waals surface area (Å²) < 4.78 is 47.5. The number of hydrogen-bond donors (Lipinski definition) is 0. The predicted octanol–water partition coefficient (Wildman–Crippen LogP) is 2.72. The molecule has 8 heteroatoms. The molecule has 2 aromatic rings. The van der Waals surface area contributed by atoms with Crippen LogP contribution in [0.25, 0.3) is 0 Å². The Kier molecular flexibility index (Phi) is 6.29. The summed E-state index contributed by atoms with van der Waals surface area (Å²) in [6.07, 6.45) is 3.44. The van der Waals surface area contributed by atoms with Crippen molar-refractivity contribution in [2.24, 2.45) is 5.92 Å². The summed E-state index contributed by atoms with van der Waals surface area (Å²) in [5.74, 6) is 0.725. The molecule has 0 aliphatic carbocycles. The number of halogens is 1. The number of methoxy groups -OCH3 is 1. The third kappa shape index (κ3) is 4.94. The monoisotopic (exact) mass is 395 g/mol. The van der Waals surface area contributed by atoms with Crippen LogP contribution in [0.2, 0.25) is 0 Å². The third-order valence-electron chi connectivity index (χ3n) is 5.06. The van der Waals surface area contributed by atoms with E-state index in [4.69, 9.17) is 4.74 Å². The molecule has 0 spiro atoms. The van der Waals surface area contributed by atoms with Gasteiger partial charge in [0.25, 0.3) is 0 Å². The third-order valence-corrected chi connectivity index (χ3v) is 6.91. The highest BCUT2D eigenvalue weighted by Crippen LogP contribution is 2.24. The van der Waals surface area contributed by atoms with Crippen molar-refractivity contribution in [2.45, 2.75) is 38.7 Å². The fraction of sp³-hybridized carbons (Fsp3) is 0.526. The topological polar surface area (TPSA) is 64.4 Å². The fourth-order valence-corrected chi connectivity index (χ4v) is 5.11. The molecule has 3 rings (SSSR count). The summed E-state index contributed by atoms with van der Waals surface area (Å²) in [7, 11) is -1.79. The largest absolute Gasteiger partial charge is 0.377 e. The zero-order valence-corrected chi connectivity index (χ0v) is 16.6. The molecule has 1 fully saturated rings. The van der Waals surface area contributed by atoms with E-state index in [1.165, 1.54) is 22.5 Å². The summed E-state index contributed by atoms with van der Waals surface area (Å²) in [5, 5.41) is 0. The van der Waals surface area contributed by atoms with E-state index in [0.29, 0.717) is 31.2 Å². The summed E-state index contributed by atoms with van der Waals surface area (Å²) in [6, 6.07) is 5.78. The maximum atomic E-state index is 13.3. The lowest BCUT2D eigenvalue weighted by atomic mass is 9.98. The Labute approximate surface area is 160 Å². The quantitative estimate of drug-likeness (QED) is 0.723. The van der Waals surface area contributed by atoms with Gasteiger partial charge >= 0.3 is 0 Å². The maximum Gasteiger partial charge on any atom is 0.218 e. The van der Waals surface area contributed by atoms with Crippen molar-refractivity contribution >= 4 is 10.0 Å². The summed E-state index contributed by atoms with van der Waals surface area (Å²) in [6.45, 7) is 4.30. The molecule has 0 bridgehead atoms. The number of ether oxygens (including phenoxy) is 1. The minimum Gasteiger partial charge on any atom is -0.377 e. The van der Waals surface area contributed by atoms with Gasteiger partial charge in [-0.1, -0.05) is 12.1 Å². The van der Waals surface area contributed by atoms with Crippen molar-refractivity contribution in [3.8, 4) is 0 Å². The second-order valence-corrected chi connectivity index (χ2v) is 9.06. The van der Waals surface area contributed by atoms with Gasteiger partial charge in [0.1, 0.15) is 18.2 Å². The van der Waals surface area contributed by atoms with E-state index in [2.05, 4.69) is 9.55 Å². The molecule has 0 amide bonds. The van der Waals surface area contributed by atoms with Crippen molar-refractivity contribution in [1.29, 1.82) is 0 Å². The first-order valence-electron chi connectivity index (χ1n) is 9.11. The van der Waals surface area contributed by atoms with E-state index < -0.39 is 15.8 Å². The molecule has 0 unspecified atom stereocenters. The molecule has 148 valence electrons. The number of aromatic nitrogens is 2. The number of nitrogens with zero attached hydrogens (tertiary/aromatic N) is 3. The normalized spacial score (nSPS) is 16.7. The zero-order valence-electron chi connectivity index (χ0n) is 15.8. The van der Waals surface area contributed by atoms with Crippen LogP contribution in [0.5, 0.6) is 0 Å². The Bertz CT molecular complexity index is 874. The van der Waals surface area contributed by atoms with Crippen molar-refractivity contribution in [1.82, 2.24) is 13.9 Å². The zero-order chi connectivity index (χ0) is 19.4. The fourth-order valence-electron chi connectivity index (χ4n) is 3.56. The molecule has 0 atom stereocenters. The SMILES string of the molecule is COCc1ncc(C)n1CC1CCN(S(=O)(=O)Cc2cccc(F)c2)CC1. The van der Waals surface area contributed by atoms with Crippen LogP contribution in [-0.2, 0) is 33.7 Å². The van der Waals surface area contributed by atoms with E-state index in [1.807, 2.05) is 13.1 Å². The lowest BCUT2D eigenvalue weighted by Crippen LogP contribution is -2.40. The van der Waals surface area contributed by atoms with E-state index in [0.717, 1.165) is 30.9 Å². The van der Waals surface area contributed by atoms with Crippen molar-refractivity contribution < 1.29 is 17.5 Å². The Hall–Kier alpha value is -1.77. The molecule has 1 aliphatic heterocycles. The van der Waals surface area contributed by atoms with Crippen molar-refractivity contribution in [3.63, 3.8) is 0 Å². The predicted molar refractivity (Wildman–Crippen MR) is 101 cm³/mol. The summed E-state index contributed by atoms with van der Waals surface area (Å²) in [4.78, 5) is 4.38.